The Labute approximate surface area is 114 Å². The molecule has 2 rings (SSSR count). The molecule has 4 nitrogen and oxygen atoms in total. The highest BCUT2D eigenvalue weighted by atomic mass is 35.5. The highest BCUT2D eigenvalue weighted by Crippen LogP contribution is 2.27. The quantitative estimate of drug-likeness (QED) is 0.809. The van der Waals surface area contributed by atoms with Crippen LogP contribution >= 0.6 is 23.7 Å². The molecule has 1 aromatic heterocycles. The number of aromatic hydroxyl groups is 1. The summed E-state index contributed by atoms with van der Waals surface area (Å²) < 4.78 is 0. The van der Waals surface area contributed by atoms with Crippen molar-refractivity contribution >= 4 is 29.7 Å². The van der Waals surface area contributed by atoms with Crippen molar-refractivity contribution in [3.8, 4) is 5.75 Å². The molecule has 0 fully saturated rings. The van der Waals surface area contributed by atoms with Gasteiger partial charge in [-0.05, 0) is 29.1 Å². The zero-order valence-electron chi connectivity index (χ0n) is 9.24. The second-order valence-corrected chi connectivity index (χ2v) is 4.55. The number of thiophene rings is 1. The molecule has 0 amide bonds. The molecule has 1 atom stereocenters. The molecule has 0 unspecified atom stereocenters. The molecule has 0 aliphatic rings. The molecule has 0 aliphatic heterocycles. The molecule has 0 saturated carbocycles. The van der Waals surface area contributed by atoms with Gasteiger partial charge in [0.15, 0.2) is 0 Å². The fourth-order valence-electron chi connectivity index (χ4n) is 1.55. The Morgan fingerprint density at radius 3 is 2.61 bits per heavy atom. The second kappa shape index (κ2) is 5.86. The van der Waals surface area contributed by atoms with Crippen molar-refractivity contribution in [2.24, 2.45) is 5.73 Å². The highest BCUT2D eigenvalue weighted by molar-refractivity contribution is 7.10. The molecule has 0 bridgehead atoms. The summed E-state index contributed by atoms with van der Waals surface area (Å²) in [5, 5.41) is 20.2. The SMILES string of the molecule is Cl.N[C@@H](c1ccc(O)c(C(=O)O)c1)c1cccs1. The van der Waals surface area contributed by atoms with Gasteiger partial charge in [0.2, 0.25) is 0 Å². The van der Waals surface area contributed by atoms with Crippen molar-refractivity contribution in [3.63, 3.8) is 0 Å². The number of carbonyl (C=O) groups is 1. The minimum absolute atomic E-state index is 0. The summed E-state index contributed by atoms with van der Waals surface area (Å²) in [4.78, 5) is 11.8. The highest BCUT2D eigenvalue weighted by Gasteiger charge is 2.15. The molecule has 0 aliphatic carbocycles. The van der Waals surface area contributed by atoms with E-state index < -0.39 is 5.97 Å². The van der Waals surface area contributed by atoms with Crippen LogP contribution in [0, 0.1) is 0 Å². The lowest BCUT2D eigenvalue weighted by Crippen LogP contribution is -2.11. The van der Waals surface area contributed by atoms with Crippen LogP contribution in [0.3, 0.4) is 0 Å². The van der Waals surface area contributed by atoms with E-state index in [2.05, 4.69) is 0 Å². The molecule has 4 N–H and O–H groups in total. The van der Waals surface area contributed by atoms with Gasteiger partial charge in [-0.15, -0.1) is 23.7 Å². The molecule has 0 saturated heterocycles. The first-order valence-corrected chi connectivity index (χ1v) is 5.82. The van der Waals surface area contributed by atoms with Crippen LogP contribution in [0.15, 0.2) is 35.7 Å². The van der Waals surface area contributed by atoms with Crippen molar-refractivity contribution in [1.29, 1.82) is 0 Å². The third kappa shape index (κ3) is 2.81. The Bertz CT molecular complexity index is 542. The van der Waals surface area contributed by atoms with E-state index in [-0.39, 0.29) is 29.8 Å². The van der Waals surface area contributed by atoms with Crippen LogP contribution < -0.4 is 5.73 Å². The second-order valence-electron chi connectivity index (χ2n) is 3.57. The predicted octanol–water partition coefficient (Wildman–Crippen LogP) is 2.62. The number of rotatable bonds is 3. The molecular formula is C12H12ClNO3S. The lowest BCUT2D eigenvalue weighted by Gasteiger charge is -2.11. The topological polar surface area (TPSA) is 83.5 Å². The average Bonchev–Trinajstić information content (AvgIpc) is 2.81. The standard InChI is InChI=1S/C12H11NO3S.ClH/c13-11(10-2-1-5-17-10)7-3-4-9(14)8(6-7)12(15)16;/h1-6,11,14H,13H2,(H,15,16);1H/t11-;/m0./s1. The lowest BCUT2D eigenvalue weighted by molar-refractivity contribution is 0.0693. The van der Waals surface area contributed by atoms with Crippen molar-refractivity contribution < 1.29 is 15.0 Å². The van der Waals surface area contributed by atoms with Crippen LogP contribution in [-0.4, -0.2) is 16.2 Å². The normalized spacial score (nSPS) is 11.6. The molecule has 2 aromatic rings. The molecular weight excluding hydrogens is 274 g/mol. The van der Waals surface area contributed by atoms with Gasteiger partial charge >= 0.3 is 5.97 Å². The maximum absolute atomic E-state index is 10.9. The molecule has 1 aromatic carbocycles. The first kappa shape index (κ1) is 14.5. The lowest BCUT2D eigenvalue weighted by atomic mass is 10.0. The van der Waals surface area contributed by atoms with Crippen LogP contribution in [0.2, 0.25) is 0 Å². The summed E-state index contributed by atoms with van der Waals surface area (Å²) in [5.74, 6) is -1.41. The van der Waals surface area contributed by atoms with Crippen LogP contribution in [0.5, 0.6) is 5.75 Å². The van der Waals surface area contributed by atoms with E-state index in [1.54, 1.807) is 6.07 Å². The summed E-state index contributed by atoms with van der Waals surface area (Å²) in [7, 11) is 0. The third-order valence-corrected chi connectivity index (χ3v) is 3.42. The average molecular weight is 286 g/mol. The summed E-state index contributed by atoms with van der Waals surface area (Å²) in [5.41, 5.74) is 6.55. The number of benzene rings is 1. The number of hydrogen-bond donors (Lipinski definition) is 3. The summed E-state index contributed by atoms with van der Waals surface area (Å²) >= 11 is 1.51. The van der Waals surface area contributed by atoms with Crippen molar-refractivity contribution in [2.45, 2.75) is 6.04 Å². The van der Waals surface area contributed by atoms with Crippen LogP contribution in [0.25, 0.3) is 0 Å². The maximum Gasteiger partial charge on any atom is 0.339 e. The van der Waals surface area contributed by atoms with Crippen LogP contribution in [0.4, 0.5) is 0 Å². The van der Waals surface area contributed by atoms with E-state index >= 15 is 0 Å². The van der Waals surface area contributed by atoms with Gasteiger partial charge < -0.3 is 15.9 Å². The minimum Gasteiger partial charge on any atom is -0.507 e. The number of nitrogens with two attached hydrogens (primary N) is 1. The molecule has 6 heteroatoms. The Morgan fingerprint density at radius 2 is 2.06 bits per heavy atom. The fourth-order valence-corrected chi connectivity index (χ4v) is 2.30. The first-order chi connectivity index (χ1) is 8.09. The van der Waals surface area contributed by atoms with E-state index in [1.807, 2.05) is 17.5 Å². The number of halogens is 1. The number of aromatic carboxylic acids is 1. The van der Waals surface area contributed by atoms with Crippen LogP contribution in [-0.2, 0) is 0 Å². The van der Waals surface area contributed by atoms with Gasteiger partial charge in [0.25, 0.3) is 0 Å². The van der Waals surface area contributed by atoms with Gasteiger partial charge in [-0.25, -0.2) is 4.79 Å². The summed E-state index contributed by atoms with van der Waals surface area (Å²) in [6.45, 7) is 0. The Hall–Kier alpha value is -1.56. The third-order valence-electron chi connectivity index (χ3n) is 2.46. The van der Waals surface area contributed by atoms with Crippen molar-refractivity contribution in [3.05, 3.63) is 51.7 Å². The van der Waals surface area contributed by atoms with E-state index in [0.717, 1.165) is 4.88 Å². The Balaban J connectivity index is 0.00000162. The molecule has 0 radical (unpaired) electrons. The number of carboxylic acid groups (broad SMARTS) is 1. The van der Waals surface area contributed by atoms with Gasteiger partial charge in [0.1, 0.15) is 11.3 Å². The van der Waals surface area contributed by atoms with Gasteiger partial charge in [0, 0.05) is 4.88 Å². The maximum atomic E-state index is 10.9. The molecule has 1 heterocycles. The molecule has 0 spiro atoms. The zero-order valence-corrected chi connectivity index (χ0v) is 10.9. The van der Waals surface area contributed by atoms with Crippen molar-refractivity contribution in [1.82, 2.24) is 0 Å². The van der Waals surface area contributed by atoms with Gasteiger partial charge in [-0.2, -0.15) is 0 Å². The van der Waals surface area contributed by atoms with E-state index in [1.165, 1.54) is 23.5 Å². The predicted molar refractivity (Wildman–Crippen MR) is 72.7 cm³/mol. The minimum atomic E-state index is -1.16. The number of phenols is 1. The van der Waals surface area contributed by atoms with E-state index in [0.29, 0.717) is 5.56 Å². The van der Waals surface area contributed by atoms with Crippen LogP contribution in [0.1, 0.15) is 26.8 Å². The molecule has 18 heavy (non-hydrogen) atoms. The van der Waals surface area contributed by atoms with E-state index in [4.69, 9.17) is 10.8 Å². The first-order valence-electron chi connectivity index (χ1n) is 4.95. The monoisotopic (exact) mass is 285 g/mol. The largest absolute Gasteiger partial charge is 0.507 e. The number of carboxylic acids is 1. The number of hydrogen-bond acceptors (Lipinski definition) is 4. The molecule has 96 valence electrons. The van der Waals surface area contributed by atoms with Gasteiger partial charge in [0.05, 0.1) is 6.04 Å². The van der Waals surface area contributed by atoms with Gasteiger partial charge in [-0.3, -0.25) is 0 Å². The van der Waals surface area contributed by atoms with E-state index in [9.17, 15) is 9.90 Å². The smallest absolute Gasteiger partial charge is 0.339 e. The van der Waals surface area contributed by atoms with Crippen molar-refractivity contribution in [2.75, 3.05) is 0 Å². The summed E-state index contributed by atoms with van der Waals surface area (Å²) in [6.07, 6.45) is 0. The van der Waals surface area contributed by atoms with Gasteiger partial charge in [-0.1, -0.05) is 12.1 Å². The Morgan fingerprint density at radius 1 is 1.33 bits per heavy atom. The summed E-state index contributed by atoms with van der Waals surface area (Å²) in [6, 6.07) is 7.80. The zero-order chi connectivity index (χ0) is 12.4. The Kier molecular flexibility index (Phi) is 4.72. The fraction of sp³-hybridized carbons (Fsp3) is 0.0833.